The van der Waals surface area contributed by atoms with Crippen LogP contribution in [0.4, 0.5) is 5.88 Å². The number of nitrogen functional groups attached to an aromatic ring is 1. The lowest BCUT2D eigenvalue weighted by atomic mass is 9.98. The van der Waals surface area contributed by atoms with Gasteiger partial charge in [0.15, 0.2) is 16.7 Å². The van der Waals surface area contributed by atoms with Crippen molar-refractivity contribution in [2.45, 2.75) is 12.5 Å². The second-order valence-electron chi connectivity index (χ2n) is 6.50. The van der Waals surface area contributed by atoms with Gasteiger partial charge in [-0.25, -0.2) is 0 Å². The third-order valence-corrected chi connectivity index (χ3v) is 4.75. The third-order valence-electron chi connectivity index (χ3n) is 4.54. The summed E-state index contributed by atoms with van der Waals surface area (Å²) in [5, 5.41) is 7.10. The van der Waals surface area contributed by atoms with E-state index in [0.717, 1.165) is 11.1 Å². The molecule has 6 nitrogen and oxygen atoms in total. The van der Waals surface area contributed by atoms with E-state index in [1.807, 2.05) is 60.7 Å². The monoisotopic (exact) mass is 407 g/mol. The summed E-state index contributed by atoms with van der Waals surface area (Å²) in [5.74, 6) is -0.187. The number of carbonyl (C=O) groups excluding carboxylic acids is 1. The fourth-order valence-corrected chi connectivity index (χ4v) is 3.30. The Kier molecular flexibility index (Phi) is 5.35. The van der Waals surface area contributed by atoms with Crippen molar-refractivity contribution in [2.24, 2.45) is 0 Å². The number of carbonyl (C=O) groups is 1. The number of aromatic nitrogens is 1. The van der Waals surface area contributed by atoms with E-state index >= 15 is 0 Å². The van der Waals surface area contributed by atoms with Gasteiger partial charge in [0, 0.05) is 0 Å². The number of halogens is 1. The van der Waals surface area contributed by atoms with Crippen molar-refractivity contribution in [2.75, 3.05) is 5.73 Å². The molecule has 0 fully saturated rings. The molecule has 146 valence electrons. The van der Waals surface area contributed by atoms with Crippen molar-refractivity contribution in [3.05, 3.63) is 94.7 Å². The van der Waals surface area contributed by atoms with Crippen LogP contribution in [0.15, 0.2) is 81.7 Å². The first-order valence-corrected chi connectivity index (χ1v) is 9.40. The van der Waals surface area contributed by atoms with Crippen LogP contribution in [-0.2, 0) is 6.42 Å². The normalized spacial score (nSPS) is 11.9. The van der Waals surface area contributed by atoms with Gasteiger partial charge in [-0.05, 0) is 41.3 Å². The summed E-state index contributed by atoms with van der Waals surface area (Å²) in [4.78, 5) is 13.1. The topological polar surface area (TPSA) is 94.3 Å². The smallest absolute Gasteiger partial charge is 0.259 e. The second kappa shape index (κ2) is 8.24. The van der Waals surface area contributed by atoms with Gasteiger partial charge in [0.05, 0.1) is 6.04 Å². The summed E-state index contributed by atoms with van der Waals surface area (Å²) in [6, 6.07) is 22.6. The zero-order valence-corrected chi connectivity index (χ0v) is 16.1. The van der Waals surface area contributed by atoms with E-state index in [1.54, 1.807) is 12.1 Å². The first-order valence-electron chi connectivity index (χ1n) is 9.02. The highest BCUT2D eigenvalue weighted by molar-refractivity contribution is 6.29. The molecule has 29 heavy (non-hydrogen) atoms. The largest absolute Gasteiger partial charge is 0.443 e. The lowest BCUT2D eigenvalue weighted by molar-refractivity contribution is 0.0937. The van der Waals surface area contributed by atoms with Gasteiger partial charge in [0.2, 0.25) is 5.88 Å². The number of furan rings is 1. The summed E-state index contributed by atoms with van der Waals surface area (Å²) in [6.07, 6.45) is 0.615. The van der Waals surface area contributed by atoms with Crippen LogP contribution in [0.1, 0.15) is 27.5 Å². The van der Waals surface area contributed by atoms with E-state index in [1.165, 1.54) is 0 Å². The lowest BCUT2D eigenvalue weighted by Crippen LogP contribution is -2.30. The number of amides is 1. The maximum absolute atomic E-state index is 13.1. The Bertz CT molecular complexity index is 1110. The molecule has 4 aromatic rings. The highest BCUT2D eigenvalue weighted by Gasteiger charge is 2.27. The molecule has 0 radical (unpaired) electrons. The van der Waals surface area contributed by atoms with E-state index in [2.05, 4.69) is 10.5 Å². The molecule has 1 atom stereocenters. The Balaban J connectivity index is 1.65. The minimum absolute atomic E-state index is 0.0865. The molecule has 2 aromatic heterocycles. The molecule has 2 aromatic carbocycles. The zero-order valence-electron chi connectivity index (χ0n) is 15.3. The first-order chi connectivity index (χ1) is 14.1. The molecular formula is C22H18ClN3O3. The summed E-state index contributed by atoms with van der Waals surface area (Å²) < 4.78 is 10.4. The van der Waals surface area contributed by atoms with Crippen LogP contribution in [-0.4, -0.2) is 11.1 Å². The van der Waals surface area contributed by atoms with E-state index in [4.69, 9.17) is 26.3 Å². The van der Waals surface area contributed by atoms with E-state index < -0.39 is 5.91 Å². The van der Waals surface area contributed by atoms with Gasteiger partial charge < -0.3 is 20.0 Å². The maximum atomic E-state index is 13.1. The summed E-state index contributed by atoms with van der Waals surface area (Å²) in [5.41, 5.74) is 8.28. The Morgan fingerprint density at radius 1 is 1.03 bits per heavy atom. The molecule has 3 N–H and O–H groups in total. The summed E-state index contributed by atoms with van der Waals surface area (Å²) in [7, 11) is 0. The molecule has 1 unspecified atom stereocenters. The molecule has 0 saturated heterocycles. The molecule has 1 amide bonds. The lowest BCUT2D eigenvalue weighted by Gasteiger charge is -2.19. The molecule has 0 spiro atoms. The average Bonchev–Trinajstić information content (AvgIpc) is 3.34. The fourth-order valence-electron chi connectivity index (χ4n) is 3.15. The van der Waals surface area contributed by atoms with Crippen molar-refractivity contribution in [1.82, 2.24) is 10.5 Å². The standard InChI is InChI=1S/C22H18ClN3O3/c23-18-12-11-17(28-18)20-19(21(24)29-26-20)22(27)25-16(15-9-5-2-6-10-15)13-14-7-3-1-4-8-14/h1-12,16H,13,24H2,(H,25,27). The van der Waals surface area contributed by atoms with Crippen molar-refractivity contribution in [1.29, 1.82) is 0 Å². The molecule has 4 rings (SSSR count). The Morgan fingerprint density at radius 2 is 1.72 bits per heavy atom. The van der Waals surface area contributed by atoms with E-state index in [9.17, 15) is 4.79 Å². The predicted octanol–water partition coefficient (Wildman–Crippen LogP) is 4.88. The quantitative estimate of drug-likeness (QED) is 0.474. The number of rotatable bonds is 6. The SMILES string of the molecule is Nc1onc(-c2ccc(Cl)o2)c1C(=O)NC(Cc1ccccc1)c1ccccc1. The molecule has 2 heterocycles. The van der Waals surface area contributed by atoms with Crippen LogP contribution in [0.5, 0.6) is 0 Å². The minimum Gasteiger partial charge on any atom is -0.443 e. The molecule has 0 aliphatic carbocycles. The fraction of sp³-hybridized carbons (Fsp3) is 0.0909. The average molecular weight is 408 g/mol. The number of hydrogen-bond donors (Lipinski definition) is 2. The number of benzene rings is 2. The molecule has 0 bridgehead atoms. The number of anilines is 1. The van der Waals surface area contributed by atoms with Crippen molar-refractivity contribution in [3.8, 4) is 11.5 Å². The molecule has 0 saturated carbocycles. The maximum Gasteiger partial charge on any atom is 0.259 e. The Hall–Kier alpha value is -3.51. The Morgan fingerprint density at radius 3 is 2.38 bits per heavy atom. The number of nitrogens with one attached hydrogen (secondary N) is 1. The highest BCUT2D eigenvalue weighted by Crippen LogP contribution is 2.30. The molecule has 7 heteroatoms. The van der Waals surface area contributed by atoms with Gasteiger partial charge in [-0.3, -0.25) is 4.79 Å². The van der Waals surface area contributed by atoms with E-state index in [0.29, 0.717) is 12.2 Å². The summed E-state index contributed by atoms with van der Waals surface area (Å²) >= 11 is 5.85. The third kappa shape index (κ3) is 4.17. The van der Waals surface area contributed by atoms with Crippen LogP contribution in [0.2, 0.25) is 5.22 Å². The number of nitrogens with zero attached hydrogens (tertiary/aromatic N) is 1. The molecule has 0 aliphatic rings. The molecule has 0 aliphatic heterocycles. The van der Waals surface area contributed by atoms with Crippen molar-refractivity contribution in [3.63, 3.8) is 0 Å². The minimum atomic E-state index is -0.406. The number of hydrogen-bond acceptors (Lipinski definition) is 5. The first kappa shape index (κ1) is 18.8. The van der Waals surface area contributed by atoms with Gasteiger partial charge in [0.1, 0.15) is 5.56 Å². The van der Waals surface area contributed by atoms with Gasteiger partial charge in [0.25, 0.3) is 5.91 Å². The summed E-state index contributed by atoms with van der Waals surface area (Å²) in [6.45, 7) is 0. The second-order valence-corrected chi connectivity index (χ2v) is 6.87. The van der Waals surface area contributed by atoms with Crippen LogP contribution in [0.3, 0.4) is 0 Å². The van der Waals surface area contributed by atoms with E-state index in [-0.39, 0.29) is 28.4 Å². The van der Waals surface area contributed by atoms with Crippen LogP contribution in [0, 0.1) is 0 Å². The number of nitrogens with two attached hydrogens (primary N) is 1. The van der Waals surface area contributed by atoms with Gasteiger partial charge in [-0.15, -0.1) is 0 Å². The predicted molar refractivity (Wildman–Crippen MR) is 110 cm³/mol. The van der Waals surface area contributed by atoms with Gasteiger partial charge >= 0.3 is 0 Å². The zero-order chi connectivity index (χ0) is 20.2. The van der Waals surface area contributed by atoms with Crippen molar-refractivity contribution >= 4 is 23.4 Å². The van der Waals surface area contributed by atoms with Crippen LogP contribution < -0.4 is 11.1 Å². The van der Waals surface area contributed by atoms with Crippen LogP contribution >= 0.6 is 11.6 Å². The molecular weight excluding hydrogens is 390 g/mol. The van der Waals surface area contributed by atoms with Gasteiger partial charge in [-0.2, -0.15) is 0 Å². The van der Waals surface area contributed by atoms with Crippen LogP contribution in [0.25, 0.3) is 11.5 Å². The highest BCUT2D eigenvalue weighted by atomic mass is 35.5. The van der Waals surface area contributed by atoms with Gasteiger partial charge in [-0.1, -0.05) is 65.8 Å². The van der Waals surface area contributed by atoms with Crippen molar-refractivity contribution < 1.29 is 13.7 Å². The Labute approximate surface area is 172 Å².